The number of para-hydroxylation sites is 1. The third kappa shape index (κ3) is 1.37. The summed E-state index contributed by atoms with van der Waals surface area (Å²) in [6, 6.07) is 5.77. The van der Waals surface area contributed by atoms with Crippen molar-refractivity contribution in [3.63, 3.8) is 0 Å². The number of hydrogen-bond donors (Lipinski definition) is 1. The lowest BCUT2D eigenvalue weighted by Crippen LogP contribution is -2.30. The van der Waals surface area contributed by atoms with Crippen LogP contribution in [0.2, 0.25) is 0 Å². The number of ether oxygens (including phenoxy) is 1. The molecule has 0 aliphatic carbocycles. The number of rotatable bonds is 1. The number of methoxy groups -OCH3 is 1. The number of aliphatic imine (C=N–C) groups is 1. The van der Waals surface area contributed by atoms with Gasteiger partial charge in [-0.1, -0.05) is 18.7 Å². The summed E-state index contributed by atoms with van der Waals surface area (Å²) in [5, 5.41) is 9.88. The lowest BCUT2D eigenvalue weighted by molar-refractivity contribution is 0.245. The fourth-order valence-electron chi connectivity index (χ4n) is 2.38. The molecule has 0 aromatic heterocycles. The minimum Gasteiger partial charge on any atom is -0.494 e. The average Bonchev–Trinajstić information content (AvgIpc) is 2.71. The van der Waals surface area contributed by atoms with E-state index in [-0.39, 0.29) is 0 Å². The van der Waals surface area contributed by atoms with Gasteiger partial charge in [0.1, 0.15) is 23.4 Å². The molecule has 1 atom stereocenters. The van der Waals surface area contributed by atoms with Crippen LogP contribution in [0.3, 0.4) is 0 Å². The van der Waals surface area contributed by atoms with E-state index in [2.05, 4.69) is 11.6 Å². The number of nitrogens with zero attached hydrogens (tertiary/aromatic N) is 2. The van der Waals surface area contributed by atoms with Crippen LogP contribution in [0.15, 0.2) is 29.8 Å². The summed E-state index contributed by atoms with van der Waals surface area (Å²) in [4.78, 5) is 6.49. The highest BCUT2D eigenvalue weighted by Crippen LogP contribution is 2.41. The van der Waals surface area contributed by atoms with Crippen molar-refractivity contribution < 1.29 is 9.84 Å². The predicted octanol–water partition coefficient (Wildman–Crippen LogP) is 1.78. The van der Waals surface area contributed by atoms with E-state index in [9.17, 15) is 5.11 Å². The zero-order valence-electron chi connectivity index (χ0n) is 9.68. The number of aliphatic hydroxyl groups excluding tert-OH is 1. The molecule has 4 nitrogen and oxygen atoms in total. The van der Waals surface area contributed by atoms with Gasteiger partial charge in [0, 0.05) is 17.8 Å². The van der Waals surface area contributed by atoms with Gasteiger partial charge in [0.05, 0.1) is 7.11 Å². The van der Waals surface area contributed by atoms with Crippen LogP contribution in [-0.4, -0.2) is 35.6 Å². The molecule has 1 fully saturated rings. The minimum atomic E-state index is -0.496. The van der Waals surface area contributed by atoms with Crippen molar-refractivity contribution in [3.8, 4) is 5.75 Å². The van der Waals surface area contributed by atoms with Crippen LogP contribution >= 0.6 is 0 Å². The number of fused-ring (bicyclic) bond motifs is 2. The Morgan fingerprint density at radius 2 is 2.35 bits per heavy atom. The van der Waals surface area contributed by atoms with Gasteiger partial charge in [-0.15, -0.1) is 0 Å². The molecule has 1 saturated heterocycles. The lowest BCUT2D eigenvalue weighted by atomic mass is 10.1. The van der Waals surface area contributed by atoms with Crippen molar-refractivity contribution in [1.82, 2.24) is 4.90 Å². The van der Waals surface area contributed by atoms with Gasteiger partial charge >= 0.3 is 0 Å². The molecule has 2 aliphatic heterocycles. The van der Waals surface area contributed by atoms with Crippen LogP contribution in [0, 0.1) is 0 Å². The Bertz CT molecular complexity index is 522. The quantitative estimate of drug-likeness (QED) is 0.799. The first kappa shape index (κ1) is 10.4. The number of amidine groups is 1. The van der Waals surface area contributed by atoms with E-state index in [0.29, 0.717) is 12.3 Å². The van der Waals surface area contributed by atoms with Gasteiger partial charge in [-0.2, -0.15) is 0 Å². The standard InChI is InChI=1S/C13H14N2O2/c1-8-9-4-3-5-11(17-2)12(9)14-13-10(16)6-7-15(8)13/h3-5,10,16H,1,6-7H2,2H3/t10-/m1/s1. The summed E-state index contributed by atoms with van der Waals surface area (Å²) in [5.74, 6) is 1.40. The molecule has 4 heteroatoms. The third-order valence-corrected chi connectivity index (χ3v) is 3.28. The molecule has 1 aromatic rings. The monoisotopic (exact) mass is 230 g/mol. The Kier molecular flexibility index (Phi) is 2.19. The van der Waals surface area contributed by atoms with E-state index in [1.165, 1.54) is 0 Å². The van der Waals surface area contributed by atoms with E-state index < -0.39 is 6.10 Å². The third-order valence-electron chi connectivity index (χ3n) is 3.28. The molecule has 3 rings (SSSR count). The van der Waals surface area contributed by atoms with Crippen molar-refractivity contribution in [2.75, 3.05) is 13.7 Å². The van der Waals surface area contributed by atoms with E-state index in [1.54, 1.807) is 7.11 Å². The molecule has 88 valence electrons. The summed E-state index contributed by atoms with van der Waals surface area (Å²) < 4.78 is 5.30. The summed E-state index contributed by atoms with van der Waals surface area (Å²) in [6.07, 6.45) is 0.207. The molecule has 0 bridgehead atoms. The van der Waals surface area contributed by atoms with Gasteiger partial charge in [-0.3, -0.25) is 0 Å². The Balaban J connectivity index is 2.21. The zero-order chi connectivity index (χ0) is 12.0. The van der Waals surface area contributed by atoms with Gasteiger partial charge in [-0.05, 0) is 12.5 Å². The number of aliphatic hydroxyl groups is 1. The topological polar surface area (TPSA) is 45.1 Å². The lowest BCUT2D eigenvalue weighted by Gasteiger charge is -2.28. The van der Waals surface area contributed by atoms with Crippen LogP contribution in [0.4, 0.5) is 5.69 Å². The van der Waals surface area contributed by atoms with Gasteiger partial charge in [0.15, 0.2) is 0 Å². The highest BCUT2D eigenvalue weighted by atomic mass is 16.5. The van der Waals surface area contributed by atoms with E-state index in [1.807, 2.05) is 23.1 Å². The second kappa shape index (κ2) is 3.60. The van der Waals surface area contributed by atoms with Gasteiger partial charge in [-0.25, -0.2) is 4.99 Å². The van der Waals surface area contributed by atoms with Crippen molar-refractivity contribution in [2.24, 2.45) is 4.99 Å². The summed E-state index contributed by atoms with van der Waals surface area (Å²) in [7, 11) is 1.62. The van der Waals surface area contributed by atoms with Crippen molar-refractivity contribution in [1.29, 1.82) is 0 Å². The predicted molar refractivity (Wildman–Crippen MR) is 66.5 cm³/mol. The molecule has 1 N–H and O–H groups in total. The number of hydrogen-bond acceptors (Lipinski definition) is 4. The minimum absolute atomic E-state index is 0.496. The van der Waals surface area contributed by atoms with Crippen molar-refractivity contribution in [3.05, 3.63) is 30.3 Å². The maximum absolute atomic E-state index is 9.88. The highest BCUT2D eigenvalue weighted by Gasteiger charge is 2.34. The first-order valence-electron chi connectivity index (χ1n) is 5.63. The number of benzene rings is 1. The highest BCUT2D eigenvalue weighted by molar-refractivity contribution is 6.02. The van der Waals surface area contributed by atoms with E-state index >= 15 is 0 Å². The largest absolute Gasteiger partial charge is 0.494 e. The van der Waals surface area contributed by atoms with E-state index in [4.69, 9.17) is 4.74 Å². The summed E-state index contributed by atoms with van der Waals surface area (Å²) in [5.41, 5.74) is 2.63. The maximum atomic E-state index is 9.88. The second-order valence-corrected chi connectivity index (χ2v) is 4.23. The maximum Gasteiger partial charge on any atom is 0.145 e. The average molecular weight is 230 g/mol. The fourth-order valence-corrected chi connectivity index (χ4v) is 2.38. The molecular weight excluding hydrogens is 216 g/mol. The van der Waals surface area contributed by atoms with Crippen LogP contribution < -0.4 is 4.74 Å². The van der Waals surface area contributed by atoms with Gasteiger partial charge in [0.25, 0.3) is 0 Å². The van der Waals surface area contributed by atoms with Crippen LogP contribution in [0.5, 0.6) is 5.75 Å². The zero-order valence-corrected chi connectivity index (χ0v) is 9.68. The Hall–Kier alpha value is -1.81. The summed E-state index contributed by atoms with van der Waals surface area (Å²) in [6.45, 7) is 4.86. The first-order valence-corrected chi connectivity index (χ1v) is 5.63. The molecule has 2 heterocycles. The van der Waals surface area contributed by atoms with Crippen LogP contribution in [0.25, 0.3) is 5.70 Å². The fraction of sp³-hybridized carbons (Fsp3) is 0.308. The van der Waals surface area contributed by atoms with E-state index in [0.717, 1.165) is 29.2 Å². The summed E-state index contributed by atoms with van der Waals surface area (Å²) >= 11 is 0. The van der Waals surface area contributed by atoms with Gasteiger partial charge in [0.2, 0.25) is 0 Å². The molecule has 0 unspecified atom stereocenters. The van der Waals surface area contributed by atoms with Crippen molar-refractivity contribution >= 4 is 17.2 Å². The molecule has 0 radical (unpaired) electrons. The Labute approximate surface area is 99.8 Å². The Morgan fingerprint density at radius 3 is 3.12 bits per heavy atom. The molecule has 0 spiro atoms. The Morgan fingerprint density at radius 1 is 1.53 bits per heavy atom. The molecular formula is C13H14N2O2. The molecule has 1 aromatic carbocycles. The first-order chi connectivity index (χ1) is 8.22. The molecule has 0 amide bonds. The SMILES string of the molecule is C=C1c2cccc(OC)c2N=C2[C@H](O)CCN12. The van der Waals surface area contributed by atoms with Gasteiger partial charge < -0.3 is 14.7 Å². The van der Waals surface area contributed by atoms with Crippen LogP contribution in [0.1, 0.15) is 12.0 Å². The van der Waals surface area contributed by atoms with Crippen LogP contribution in [-0.2, 0) is 0 Å². The van der Waals surface area contributed by atoms with Crippen molar-refractivity contribution in [2.45, 2.75) is 12.5 Å². The molecule has 17 heavy (non-hydrogen) atoms. The molecule has 2 aliphatic rings. The molecule has 0 saturated carbocycles. The normalized spacial score (nSPS) is 22.0. The smallest absolute Gasteiger partial charge is 0.145 e. The second-order valence-electron chi connectivity index (χ2n) is 4.23.